The summed E-state index contributed by atoms with van der Waals surface area (Å²) < 4.78 is 34.2. The number of hydrogen-bond acceptors (Lipinski definition) is 7. The minimum absolute atomic E-state index is 0.0812. The van der Waals surface area contributed by atoms with Crippen LogP contribution in [0, 0.1) is 6.92 Å². The first-order chi connectivity index (χ1) is 17.9. The number of furan rings is 1. The molecule has 0 saturated heterocycles. The van der Waals surface area contributed by atoms with E-state index < -0.39 is 22.1 Å². The molecule has 1 aliphatic rings. The smallest absolute Gasteiger partial charge is 0.291 e. The van der Waals surface area contributed by atoms with E-state index in [0.717, 1.165) is 11.3 Å². The zero-order chi connectivity index (χ0) is 27.8. The van der Waals surface area contributed by atoms with Crippen LogP contribution in [-0.4, -0.2) is 50.5 Å². The van der Waals surface area contributed by atoms with Crippen molar-refractivity contribution >= 4 is 38.1 Å². The van der Waals surface area contributed by atoms with Crippen molar-refractivity contribution in [2.75, 3.05) is 33.8 Å². The average molecular weight is 556 g/mol. The SMILES string of the molecule is COc1cc(OC)c(NC(=O)c2ccc(Oc3c(C)cc4c(c3OC)[Si](C)(C)CC[Si]4(C)C)o2)c(OC)c1. The molecule has 1 aromatic heterocycles. The van der Waals surface area contributed by atoms with Gasteiger partial charge in [0.15, 0.2) is 17.3 Å². The largest absolute Gasteiger partial charge is 0.496 e. The predicted molar refractivity (Wildman–Crippen MR) is 154 cm³/mol. The summed E-state index contributed by atoms with van der Waals surface area (Å²) in [5.74, 6) is 2.57. The standard InChI is InChI=1S/C28H37NO7Si2/c1-17-14-22-27(38(8,9)13-12-37(22,6)7)26(34-5)25(17)36-23-11-10-19(35-23)28(30)29-24-20(32-3)15-18(31-2)16-21(24)33-4/h10-11,14-16H,12-13H2,1-9H3,(H,29,30). The van der Waals surface area contributed by atoms with Crippen molar-refractivity contribution in [3.63, 3.8) is 0 Å². The van der Waals surface area contributed by atoms with Gasteiger partial charge in [-0.05, 0) is 23.7 Å². The number of amides is 1. The summed E-state index contributed by atoms with van der Waals surface area (Å²) in [5.41, 5.74) is 1.36. The highest BCUT2D eigenvalue weighted by atomic mass is 28.3. The van der Waals surface area contributed by atoms with E-state index in [-0.39, 0.29) is 11.7 Å². The minimum Gasteiger partial charge on any atom is -0.496 e. The molecular formula is C28H37NO7Si2. The fourth-order valence-electron chi connectivity index (χ4n) is 5.08. The third-order valence-corrected chi connectivity index (χ3v) is 14.8. The molecule has 204 valence electrons. The minimum atomic E-state index is -1.72. The molecule has 1 aliphatic heterocycles. The average Bonchev–Trinajstić information content (AvgIpc) is 3.36. The Bertz CT molecular complexity index is 1340. The molecule has 0 unspecified atom stereocenters. The number of ether oxygens (including phenoxy) is 5. The molecule has 0 bridgehead atoms. The predicted octanol–water partition coefficient (Wildman–Crippen LogP) is 5.51. The van der Waals surface area contributed by atoms with E-state index in [1.54, 1.807) is 38.5 Å². The quantitative estimate of drug-likeness (QED) is 0.367. The molecule has 1 N–H and O–H groups in total. The Kier molecular flexibility index (Phi) is 7.58. The van der Waals surface area contributed by atoms with Gasteiger partial charge in [0.25, 0.3) is 11.9 Å². The summed E-state index contributed by atoms with van der Waals surface area (Å²) in [4.78, 5) is 13.1. The number of methoxy groups -OCH3 is 4. The molecule has 0 spiro atoms. The third-order valence-electron chi connectivity index (χ3n) is 7.37. The zero-order valence-corrected chi connectivity index (χ0v) is 25.7. The topological polar surface area (TPSA) is 88.4 Å². The van der Waals surface area contributed by atoms with Gasteiger partial charge in [-0.15, -0.1) is 0 Å². The molecule has 0 aliphatic carbocycles. The van der Waals surface area contributed by atoms with Crippen molar-refractivity contribution in [1.29, 1.82) is 0 Å². The van der Waals surface area contributed by atoms with E-state index >= 15 is 0 Å². The molecule has 0 radical (unpaired) electrons. The van der Waals surface area contributed by atoms with Crippen molar-refractivity contribution < 1.29 is 32.9 Å². The van der Waals surface area contributed by atoms with Gasteiger partial charge < -0.3 is 33.4 Å². The maximum atomic E-state index is 13.1. The molecule has 4 rings (SSSR count). The molecule has 3 aromatic rings. The number of carbonyl (C=O) groups is 1. The van der Waals surface area contributed by atoms with Crippen LogP contribution < -0.4 is 39.4 Å². The molecule has 2 heterocycles. The number of benzene rings is 2. The fraction of sp³-hybridized carbons (Fsp3) is 0.393. The second-order valence-electron chi connectivity index (χ2n) is 10.8. The van der Waals surface area contributed by atoms with Gasteiger partial charge in [-0.1, -0.05) is 49.5 Å². The second kappa shape index (κ2) is 10.4. The summed E-state index contributed by atoms with van der Waals surface area (Å²) in [7, 11) is 2.97. The Balaban J connectivity index is 1.65. The number of hydrogen-bond donors (Lipinski definition) is 1. The van der Waals surface area contributed by atoms with Crippen LogP contribution in [0.1, 0.15) is 16.1 Å². The van der Waals surface area contributed by atoms with Gasteiger partial charge in [0.1, 0.15) is 22.9 Å². The highest BCUT2D eigenvalue weighted by Crippen LogP contribution is 2.41. The van der Waals surface area contributed by atoms with Crippen LogP contribution in [0.25, 0.3) is 0 Å². The summed E-state index contributed by atoms with van der Waals surface area (Å²) >= 11 is 0. The van der Waals surface area contributed by atoms with E-state index in [2.05, 4.69) is 37.6 Å². The molecule has 8 nitrogen and oxygen atoms in total. The lowest BCUT2D eigenvalue weighted by molar-refractivity contribution is 0.0991. The summed E-state index contributed by atoms with van der Waals surface area (Å²) in [6, 6.07) is 11.3. The number of fused-ring (bicyclic) bond motifs is 1. The fourth-order valence-corrected chi connectivity index (χ4v) is 15.7. The molecule has 2 aromatic carbocycles. The highest BCUT2D eigenvalue weighted by Gasteiger charge is 2.43. The van der Waals surface area contributed by atoms with Crippen LogP contribution in [0.4, 0.5) is 5.69 Å². The van der Waals surface area contributed by atoms with Gasteiger partial charge in [0.05, 0.1) is 44.6 Å². The zero-order valence-electron chi connectivity index (χ0n) is 23.7. The van der Waals surface area contributed by atoms with E-state index in [1.165, 1.54) is 36.7 Å². The lowest BCUT2D eigenvalue weighted by Crippen LogP contribution is -2.63. The van der Waals surface area contributed by atoms with Crippen LogP contribution >= 0.6 is 0 Å². The highest BCUT2D eigenvalue weighted by molar-refractivity contribution is 7.03. The Morgan fingerprint density at radius 3 is 2.05 bits per heavy atom. The Morgan fingerprint density at radius 1 is 0.842 bits per heavy atom. The lowest BCUT2D eigenvalue weighted by Gasteiger charge is -2.41. The Hall–Kier alpha value is -3.38. The van der Waals surface area contributed by atoms with Crippen molar-refractivity contribution in [3.05, 3.63) is 41.7 Å². The van der Waals surface area contributed by atoms with Gasteiger partial charge in [0, 0.05) is 18.2 Å². The van der Waals surface area contributed by atoms with Crippen molar-refractivity contribution in [1.82, 2.24) is 0 Å². The maximum absolute atomic E-state index is 13.1. The molecule has 0 fully saturated rings. The molecular weight excluding hydrogens is 518 g/mol. The summed E-state index contributed by atoms with van der Waals surface area (Å²) in [6.07, 6.45) is 0. The van der Waals surface area contributed by atoms with Crippen molar-refractivity contribution in [2.24, 2.45) is 0 Å². The van der Waals surface area contributed by atoms with Gasteiger partial charge >= 0.3 is 0 Å². The summed E-state index contributed by atoms with van der Waals surface area (Å²) in [6.45, 7) is 11.7. The van der Waals surface area contributed by atoms with Crippen LogP contribution in [-0.2, 0) is 0 Å². The molecule has 0 atom stereocenters. The van der Waals surface area contributed by atoms with Gasteiger partial charge in [0.2, 0.25) is 0 Å². The van der Waals surface area contributed by atoms with Gasteiger partial charge in [-0.2, -0.15) is 0 Å². The van der Waals surface area contributed by atoms with Crippen molar-refractivity contribution in [2.45, 2.75) is 45.2 Å². The van der Waals surface area contributed by atoms with E-state index in [9.17, 15) is 4.79 Å². The monoisotopic (exact) mass is 555 g/mol. The number of carbonyl (C=O) groups excluding carboxylic acids is 1. The van der Waals surface area contributed by atoms with Gasteiger partial charge in [-0.25, -0.2) is 0 Å². The molecule has 10 heteroatoms. The normalized spacial score (nSPS) is 15.3. The van der Waals surface area contributed by atoms with Crippen LogP contribution in [0.3, 0.4) is 0 Å². The number of rotatable bonds is 8. The van der Waals surface area contributed by atoms with E-state index in [4.69, 9.17) is 28.1 Å². The van der Waals surface area contributed by atoms with E-state index in [0.29, 0.717) is 28.7 Å². The molecule has 1 amide bonds. The third kappa shape index (κ3) is 5.02. The van der Waals surface area contributed by atoms with Crippen LogP contribution in [0.15, 0.2) is 34.7 Å². The number of anilines is 1. The van der Waals surface area contributed by atoms with Crippen LogP contribution in [0.2, 0.25) is 38.3 Å². The first kappa shape index (κ1) is 27.7. The van der Waals surface area contributed by atoms with Crippen molar-refractivity contribution in [3.8, 4) is 34.7 Å². The summed E-state index contributed by atoms with van der Waals surface area (Å²) in [5, 5.41) is 5.64. The Labute approximate surface area is 226 Å². The van der Waals surface area contributed by atoms with Gasteiger partial charge in [-0.3, -0.25) is 4.79 Å². The number of aryl methyl sites for hydroxylation is 1. The lowest BCUT2D eigenvalue weighted by atomic mass is 10.2. The molecule has 38 heavy (non-hydrogen) atoms. The van der Waals surface area contributed by atoms with E-state index in [1.807, 2.05) is 6.92 Å². The first-order valence-electron chi connectivity index (χ1n) is 12.6. The molecule has 0 saturated carbocycles. The number of nitrogens with one attached hydrogen (secondary N) is 1. The Morgan fingerprint density at radius 2 is 1.47 bits per heavy atom. The second-order valence-corrected chi connectivity index (χ2v) is 20.4. The van der Waals surface area contributed by atoms with Crippen LogP contribution in [0.5, 0.6) is 34.7 Å². The maximum Gasteiger partial charge on any atom is 0.291 e. The first-order valence-corrected chi connectivity index (χ1v) is 19.0.